The van der Waals surface area contributed by atoms with Gasteiger partial charge in [-0.1, -0.05) is 37.0 Å². The lowest BCUT2D eigenvalue weighted by atomic mass is 10.0. The number of nitrogens with two attached hydrogens (primary N) is 1. The van der Waals surface area contributed by atoms with Gasteiger partial charge < -0.3 is 10.6 Å². The minimum Gasteiger partial charge on any atom is -0.370 e. The first-order chi connectivity index (χ1) is 8.59. The first-order valence-electron chi connectivity index (χ1n) is 7.15. The summed E-state index contributed by atoms with van der Waals surface area (Å²) in [5, 5.41) is 0. The van der Waals surface area contributed by atoms with Crippen molar-refractivity contribution in [2.75, 3.05) is 11.9 Å². The van der Waals surface area contributed by atoms with Gasteiger partial charge in [0.15, 0.2) is 0 Å². The van der Waals surface area contributed by atoms with Crippen molar-refractivity contribution in [1.29, 1.82) is 0 Å². The lowest BCUT2D eigenvalue weighted by Crippen LogP contribution is -2.45. The molecule has 100 valence electrons. The van der Waals surface area contributed by atoms with Crippen LogP contribution in [0.2, 0.25) is 0 Å². The van der Waals surface area contributed by atoms with E-state index in [0.717, 1.165) is 0 Å². The second-order valence-corrected chi connectivity index (χ2v) is 5.77. The number of anilines is 1. The summed E-state index contributed by atoms with van der Waals surface area (Å²) in [7, 11) is 2.20. The van der Waals surface area contributed by atoms with E-state index in [2.05, 4.69) is 44.0 Å². The lowest BCUT2D eigenvalue weighted by Gasteiger charge is -2.34. The van der Waals surface area contributed by atoms with E-state index < -0.39 is 0 Å². The van der Waals surface area contributed by atoms with Crippen LogP contribution in [0.3, 0.4) is 0 Å². The van der Waals surface area contributed by atoms with E-state index in [4.69, 9.17) is 5.73 Å². The van der Waals surface area contributed by atoms with Gasteiger partial charge in [-0.3, -0.25) is 0 Å². The fourth-order valence-electron chi connectivity index (χ4n) is 3.18. The van der Waals surface area contributed by atoms with E-state index in [1.807, 2.05) is 0 Å². The highest BCUT2D eigenvalue weighted by atomic mass is 15.2. The quantitative estimate of drug-likeness (QED) is 0.810. The Morgan fingerprint density at radius 1 is 1.11 bits per heavy atom. The van der Waals surface area contributed by atoms with E-state index in [-0.39, 0.29) is 0 Å². The van der Waals surface area contributed by atoms with Crippen LogP contribution in [0.25, 0.3) is 0 Å². The monoisotopic (exact) mass is 246 g/mol. The largest absolute Gasteiger partial charge is 0.370 e. The molecule has 1 aromatic carbocycles. The van der Waals surface area contributed by atoms with Crippen molar-refractivity contribution in [3.8, 4) is 0 Å². The highest BCUT2D eigenvalue weighted by Gasteiger charge is 2.24. The van der Waals surface area contributed by atoms with Crippen LogP contribution in [-0.4, -0.2) is 19.1 Å². The normalized spacial score (nSPS) is 24.7. The van der Waals surface area contributed by atoms with Crippen LogP contribution in [0.4, 0.5) is 5.69 Å². The zero-order chi connectivity index (χ0) is 13.1. The Balaban J connectivity index is 2.20. The van der Waals surface area contributed by atoms with E-state index in [1.54, 1.807) is 0 Å². The Hall–Kier alpha value is -1.02. The first-order valence-corrected chi connectivity index (χ1v) is 7.15. The SMILES string of the molecule is Cc1ccc(N(C)C2CCCCCC2N)c(C)c1. The number of rotatable bonds is 2. The van der Waals surface area contributed by atoms with Gasteiger partial charge in [0.1, 0.15) is 0 Å². The van der Waals surface area contributed by atoms with Crippen LogP contribution < -0.4 is 10.6 Å². The van der Waals surface area contributed by atoms with Gasteiger partial charge in [0.2, 0.25) is 0 Å². The van der Waals surface area contributed by atoms with Gasteiger partial charge in [-0.15, -0.1) is 0 Å². The molecule has 1 aromatic rings. The molecule has 0 heterocycles. The first kappa shape index (κ1) is 13.4. The molecule has 2 unspecified atom stereocenters. The fraction of sp³-hybridized carbons (Fsp3) is 0.625. The van der Waals surface area contributed by atoms with Crippen molar-refractivity contribution in [1.82, 2.24) is 0 Å². The Kier molecular flexibility index (Phi) is 4.28. The van der Waals surface area contributed by atoms with Crippen LogP contribution in [0.1, 0.15) is 43.2 Å². The average Bonchev–Trinajstić information content (AvgIpc) is 2.53. The Bertz CT molecular complexity index is 400. The smallest absolute Gasteiger partial charge is 0.0437 e. The van der Waals surface area contributed by atoms with Gasteiger partial charge in [-0.2, -0.15) is 0 Å². The highest BCUT2D eigenvalue weighted by Crippen LogP contribution is 2.27. The Morgan fingerprint density at radius 3 is 2.56 bits per heavy atom. The second-order valence-electron chi connectivity index (χ2n) is 5.77. The maximum absolute atomic E-state index is 6.36. The average molecular weight is 246 g/mol. The molecule has 1 aliphatic carbocycles. The van der Waals surface area contributed by atoms with E-state index in [0.29, 0.717) is 12.1 Å². The standard InChI is InChI=1S/C16H26N2/c1-12-9-10-15(13(2)11-12)18(3)16-8-6-4-5-7-14(16)17/h9-11,14,16H,4-8,17H2,1-3H3. The molecule has 2 heteroatoms. The predicted molar refractivity (Wildman–Crippen MR) is 79.2 cm³/mol. The summed E-state index contributed by atoms with van der Waals surface area (Å²) < 4.78 is 0. The van der Waals surface area contributed by atoms with Crippen LogP contribution in [0.15, 0.2) is 18.2 Å². The third-order valence-corrected chi connectivity index (χ3v) is 4.26. The van der Waals surface area contributed by atoms with Crippen molar-refractivity contribution in [2.24, 2.45) is 5.73 Å². The molecule has 2 atom stereocenters. The van der Waals surface area contributed by atoms with E-state index >= 15 is 0 Å². The molecular weight excluding hydrogens is 220 g/mol. The van der Waals surface area contributed by atoms with Gasteiger partial charge in [0, 0.05) is 24.8 Å². The molecule has 1 fully saturated rings. The fourth-order valence-corrected chi connectivity index (χ4v) is 3.18. The van der Waals surface area contributed by atoms with E-state index in [9.17, 15) is 0 Å². The molecule has 0 amide bonds. The number of nitrogens with zero attached hydrogens (tertiary/aromatic N) is 1. The molecule has 0 aromatic heterocycles. The van der Waals surface area contributed by atoms with Crippen molar-refractivity contribution in [3.63, 3.8) is 0 Å². The lowest BCUT2D eigenvalue weighted by molar-refractivity contribution is 0.480. The summed E-state index contributed by atoms with van der Waals surface area (Å²) in [6, 6.07) is 7.50. The molecule has 0 saturated heterocycles. The molecular formula is C16H26N2. The minimum atomic E-state index is 0.318. The molecule has 2 N–H and O–H groups in total. The second kappa shape index (κ2) is 5.75. The van der Waals surface area contributed by atoms with Gasteiger partial charge in [-0.05, 0) is 38.3 Å². The number of likely N-dealkylation sites (N-methyl/N-ethyl adjacent to an activating group) is 1. The summed E-state index contributed by atoms with van der Waals surface area (Å²) in [4.78, 5) is 2.41. The number of hydrogen-bond donors (Lipinski definition) is 1. The predicted octanol–water partition coefficient (Wildman–Crippen LogP) is 3.40. The Labute approximate surface area is 111 Å². The van der Waals surface area contributed by atoms with Crippen LogP contribution in [-0.2, 0) is 0 Å². The maximum Gasteiger partial charge on any atom is 0.0437 e. The number of benzene rings is 1. The van der Waals surface area contributed by atoms with E-state index in [1.165, 1.54) is 48.9 Å². The number of aryl methyl sites for hydroxylation is 2. The third kappa shape index (κ3) is 2.86. The van der Waals surface area contributed by atoms with Crippen molar-refractivity contribution < 1.29 is 0 Å². The van der Waals surface area contributed by atoms with Crippen LogP contribution in [0.5, 0.6) is 0 Å². The van der Waals surface area contributed by atoms with Gasteiger partial charge in [0.25, 0.3) is 0 Å². The molecule has 1 aliphatic rings. The number of hydrogen-bond acceptors (Lipinski definition) is 2. The summed E-state index contributed by atoms with van der Waals surface area (Å²) in [6.07, 6.45) is 6.34. The molecule has 18 heavy (non-hydrogen) atoms. The maximum atomic E-state index is 6.36. The minimum absolute atomic E-state index is 0.318. The van der Waals surface area contributed by atoms with Crippen LogP contribution in [0, 0.1) is 13.8 Å². The van der Waals surface area contributed by atoms with Crippen molar-refractivity contribution in [3.05, 3.63) is 29.3 Å². The van der Waals surface area contributed by atoms with Gasteiger partial charge in [0.05, 0.1) is 0 Å². The summed E-state index contributed by atoms with van der Waals surface area (Å²) in [5.74, 6) is 0. The van der Waals surface area contributed by atoms with Gasteiger partial charge in [-0.25, -0.2) is 0 Å². The summed E-state index contributed by atoms with van der Waals surface area (Å²) in [5.41, 5.74) is 10.4. The molecule has 0 radical (unpaired) electrons. The van der Waals surface area contributed by atoms with Crippen LogP contribution >= 0.6 is 0 Å². The molecule has 0 bridgehead atoms. The molecule has 0 aliphatic heterocycles. The highest BCUT2D eigenvalue weighted by molar-refractivity contribution is 5.54. The summed E-state index contributed by atoms with van der Waals surface area (Å²) >= 11 is 0. The molecule has 2 rings (SSSR count). The molecule has 0 spiro atoms. The Morgan fingerprint density at radius 2 is 1.83 bits per heavy atom. The zero-order valence-corrected chi connectivity index (χ0v) is 11.9. The zero-order valence-electron chi connectivity index (χ0n) is 11.9. The third-order valence-electron chi connectivity index (χ3n) is 4.26. The topological polar surface area (TPSA) is 29.3 Å². The van der Waals surface area contributed by atoms with Crippen molar-refractivity contribution in [2.45, 2.75) is 58.0 Å². The molecule has 1 saturated carbocycles. The van der Waals surface area contributed by atoms with Gasteiger partial charge >= 0.3 is 0 Å². The summed E-state index contributed by atoms with van der Waals surface area (Å²) in [6.45, 7) is 4.34. The van der Waals surface area contributed by atoms with Crippen molar-refractivity contribution >= 4 is 5.69 Å². The molecule has 2 nitrogen and oxygen atoms in total.